The largest absolute Gasteiger partial charge is 0.335 e. The van der Waals surface area contributed by atoms with Gasteiger partial charge in [0, 0.05) is 19.2 Å². The van der Waals surface area contributed by atoms with Crippen LogP contribution in [0, 0.1) is 0 Å². The molecule has 0 fully saturated rings. The Kier molecular flexibility index (Phi) is 17.6. The molecule has 30 heavy (non-hydrogen) atoms. The van der Waals surface area contributed by atoms with Gasteiger partial charge in [-0.15, -0.1) is 0 Å². The fourth-order valence-electron chi connectivity index (χ4n) is 3.53. The van der Waals surface area contributed by atoms with Crippen LogP contribution in [-0.2, 0) is 26.3 Å². The van der Waals surface area contributed by atoms with Crippen molar-refractivity contribution in [3.05, 3.63) is 29.4 Å². The van der Waals surface area contributed by atoms with Gasteiger partial charge in [-0.2, -0.15) is 17.6 Å². The molecule has 6 heteroatoms. The Balaban J connectivity index is 0.00000122. The zero-order valence-corrected chi connectivity index (χ0v) is 19.5. The maximum atomic E-state index is 10.3. The van der Waals surface area contributed by atoms with Crippen LogP contribution in [0.2, 0.25) is 0 Å². The van der Waals surface area contributed by atoms with Crippen molar-refractivity contribution in [3.8, 4) is 0 Å². The van der Waals surface area contributed by atoms with E-state index in [1.54, 1.807) is 0 Å². The molecule has 0 atom stereocenters. The van der Waals surface area contributed by atoms with E-state index in [0.29, 0.717) is 0 Å². The molecule has 0 N–H and O–H groups in total. The predicted octanol–water partition coefficient (Wildman–Crippen LogP) is 8.78. The highest BCUT2D eigenvalue weighted by atomic mass is 19.3. The van der Waals surface area contributed by atoms with E-state index in [2.05, 4.69) is 32.4 Å². The number of aryl methyl sites for hydroxylation is 2. The summed E-state index contributed by atoms with van der Waals surface area (Å²) in [5, 5.41) is 0. The van der Waals surface area contributed by atoms with Gasteiger partial charge in [0.1, 0.15) is 5.82 Å². The Morgan fingerprint density at radius 1 is 0.633 bits per heavy atom. The summed E-state index contributed by atoms with van der Waals surface area (Å²) < 4.78 is 43.6. The minimum atomic E-state index is -2.91. The first kappa shape index (κ1) is 28.7. The van der Waals surface area contributed by atoms with E-state index < -0.39 is 12.2 Å². The average Bonchev–Trinajstić information content (AvgIpc) is 3.01. The number of hydrogen-bond acceptors (Lipinski definition) is 1. The fourth-order valence-corrected chi connectivity index (χ4v) is 3.53. The molecule has 0 saturated heterocycles. The van der Waals surface area contributed by atoms with Gasteiger partial charge in [-0.05, 0) is 32.1 Å². The van der Waals surface area contributed by atoms with E-state index in [4.69, 9.17) is 4.98 Å². The van der Waals surface area contributed by atoms with Crippen molar-refractivity contribution in [3.63, 3.8) is 0 Å². The number of imidazole rings is 1. The lowest BCUT2D eigenvalue weighted by molar-refractivity contribution is 0.308. The number of rotatable bonds is 15. The molecule has 2 nitrogen and oxygen atoms in total. The third-order valence-electron chi connectivity index (χ3n) is 5.32. The molecule has 0 aliphatic carbocycles. The Morgan fingerprint density at radius 2 is 1.07 bits per heavy atom. The summed E-state index contributed by atoms with van der Waals surface area (Å²) in [6.45, 7) is 6.86. The van der Waals surface area contributed by atoms with Crippen LogP contribution in [0.1, 0.15) is 115 Å². The van der Waals surface area contributed by atoms with Crippen molar-refractivity contribution in [1.29, 1.82) is 0 Å². The molecular weight excluding hydrogens is 392 g/mol. The summed E-state index contributed by atoms with van der Waals surface area (Å²) in [5.74, 6) is 1.34. The predicted molar refractivity (Wildman–Crippen MR) is 118 cm³/mol. The van der Waals surface area contributed by atoms with Gasteiger partial charge in [-0.25, -0.2) is 4.98 Å². The molecule has 0 aliphatic heterocycles. The second kappa shape index (κ2) is 18.4. The van der Waals surface area contributed by atoms with Gasteiger partial charge in [-0.1, -0.05) is 78.6 Å². The van der Waals surface area contributed by atoms with Crippen LogP contribution in [0.4, 0.5) is 17.6 Å². The third-order valence-corrected chi connectivity index (χ3v) is 5.32. The zero-order valence-electron chi connectivity index (χ0n) is 19.5. The van der Waals surface area contributed by atoms with E-state index in [1.165, 1.54) is 107 Å². The molecule has 1 rings (SSSR count). The minimum absolute atomic E-state index is 1.16. The lowest BCUT2D eigenvalue weighted by atomic mass is 10.1. The van der Waals surface area contributed by atoms with Crippen molar-refractivity contribution in [2.24, 2.45) is 7.05 Å². The first-order valence-corrected chi connectivity index (χ1v) is 11.8. The van der Waals surface area contributed by atoms with E-state index in [0.717, 1.165) is 6.42 Å². The number of aromatic nitrogens is 2. The maximum absolute atomic E-state index is 10.3. The summed E-state index contributed by atoms with van der Waals surface area (Å²) in [6.07, 6.45) is 13.8. The number of hydrogen-bond donors (Lipinski definition) is 0. The van der Waals surface area contributed by atoms with E-state index in [1.807, 2.05) is 0 Å². The fraction of sp³-hybridized carbons (Fsp3) is 0.792. The molecule has 0 radical (unpaired) electrons. The van der Waals surface area contributed by atoms with Crippen molar-refractivity contribution < 1.29 is 17.6 Å². The smallest absolute Gasteiger partial charge is 0.334 e. The molecule has 0 saturated carbocycles. The van der Waals surface area contributed by atoms with Crippen molar-refractivity contribution >= 4 is 0 Å². The van der Waals surface area contributed by atoms with E-state index in [9.17, 15) is 17.6 Å². The molecule has 0 aromatic carbocycles. The van der Waals surface area contributed by atoms with Crippen LogP contribution in [0.15, 0.2) is 12.2 Å². The van der Waals surface area contributed by atoms with Gasteiger partial charge < -0.3 is 4.57 Å². The minimum Gasteiger partial charge on any atom is -0.335 e. The van der Waals surface area contributed by atoms with Gasteiger partial charge in [0.05, 0.1) is 5.69 Å². The number of nitrogens with zero attached hydrogens (tertiary/aromatic N) is 2. The highest BCUT2D eigenvalue weighted by Crippen LogP contribution is 2.19. The standard InChI is InChI=1S/C22H42N2.C2F4/c1-5-8-11-14-17-20-21(18-15-12-9-6-2)24(4)22(23-20)19-16-13-10-7-3;3-1(4)2(5)6/h5-19H2,1-4H3;. The van der Waals surface area contributed by atoms with Crippen LogP contribution in [-0.4, -0.2) is 9.55 Å². The van der Waals surface area contributed by atoms with Crippen LogP contribution in [0.25, 0.3) is 0 Å². The monoisotopic (exact) mass is 434 g/mol. The van der Waals surface area contributed by atoms with Gasteiger partial charge in [0.2, 0.25) is 0 Å². The number of halogens is 4. The van der Waals surface area contributed by atoms with Gasteiger partial charge in [0.15, 0.2) is 0 Å². The van der Waals surface area contributed by atoms with E-state index in [-0.39, 0.29) is 0 Å². The van der Waals surface area contributed by atoms with Crippen LogP contribution in [0.3, 0.4) is 0 Å². The summed E-state index contributed by atoms with van der Waals surface area (Å²) in [7, 11) is 2.26. The van der Waals surface area contributed by atoms with Crippen LogP contribution < -0.4 is 0 Å². The topological polar surface area (TPSA) is 17.8 Å². The van der Waals surface area contributed by atoms with Crippen molar-refractivity contribution in [2.45, 2.75) is 117 Å². The summed E-state index contributed by atoms with van der Waals surface area (Å²) >= 11 is 0. The van der Waals surface area contributed by atoms with E-state index >= 15 is 0 Å². The third kappa shape index (κ3) is 13.1. The quantitative estimate of drug-likeness (QED) is 0.199. The van der Waals surface area contributed by atoms with Crippen molar-refractivity contribution in [2.75, 3.05) is 0 Å². The first-order valence-electron chi connectivity index (χ1n) is 11.8. The summed E-state index contributed by atoms with van der Waals surface area (Å²) in [4.78, 5) is 5.07. The molecule has 1 aromatic rings. The molecule has 0 spiro atoms. The lowest BCUT2D eigenvalue weighted by Crippen LogP contribution is -2.03. The molecule has 0 aliphatic rings. The van der Waals surface area contributed by atoms with Crippen LogP contribution in [0.5, 0.6) is 0 Å². The van der Waals surface area contributed by atoms with Gasteiger partial charge in [-0.3, -0.25) is 0 Å². The van der Waals surface area contributed by atoms with Crippen LogP contribution >= 0.6 is 0 Å². The molecule has 0 unspecified atom stereocenters. The normalized spacial score (nSPS) is 10.7. The zero-order chi connectivity index (χ0) is 22.8. The Hall–Kier alpha value is -1.33. The maximum Gasteiger partial charge on any atom is 0.334 e. The molecule has 176 valence electrons. The highest BCUT2D eigenvalue weighted by Gasteiger charge is 2.14. The summed E-state index contributed by atoms with van der Waals surface area (Å²) in [6, 6.07) is 0. The molecule has 1 heterocycles. The summed E-state index contributed by atoms with van der Waals surface area (Å²) in [5.41, 5.74) is 2.95. The average molecular weight is 435 g/mol. The van der Waals surface area contributed by atoms with Gasteiger partial charge in [0.25, 0.3) is 0 Å². The first-order chi connectivity index (χ1) is 14.4. The number of unbranched alkanes of at least 4 members (excludes halogenated alkanes) is 9. The van der Waals surface area contributed by atoms with Gasteiger partial charge >= 0.3 is 12.2 Å². The molecular formula is C24H42F4N2. The SMILES string of the molecule is CCCCCCc1nc(CCCCCC)n(C)c1CCCCCC.FC(F)=C(F)F. The molecule has 0 bridgehead atoms. The van der Waals surface area contributed by atoms with Crippen molar-refractivity contribution in [1.82, 2.24) is 9.55 Å². The Morgan fingerprint density at radius 3 is 1.50 bits per heavy atom. The molecule has 1 aromatic heterocycles. The second-order valence-corrected chi connectivity index (χ2v) is 7.93. The lowest BCUT2D eigenvalue weighted by Gasteiger charge is -2.08. The highest BCUT2D eigenvalue weighted by molar-refractivity contribution is 5.18. The Labute approximate surface area is 181 Å². The second-order valence-electron chi connectivity index (χ2n) is 7.93. The molecule has 0 amide bonds. The Bertz CT molecular complexity index is 564.